The van der Waals surface area contributed by atoms with Gasteiger partial charge >= 0.3 is 6.01 Å². The molecule has 0 atom stereocenters. The van der Waals surface area contributed by atoms with Crippen LogP contribution in [0.25, 0.3) is 28.2 Å². The summed E-state index contributed by atoms with van der Waals surface area (Å²) in [6, 6.07) is 12.5. The number of ether oxygens (including phenoxy) is 2. The first-order chi connectivity index (χ1) is 65.0. The Bertz CT molecular complexity index is 6160. The number of hydrogen-bond acceptors (Lipinski definition) is 24. The fourth-order valence-corrected chi connectivity index (χ4v) is 12.3. The minimum absolute atomic E-state index is 0.112. The van der Waals surface area contributed by atoms with Crippen molar-refractivity contribution < 1.29 is 9.47 Å². The minimum Gasteiger partial charge on any atom is -0.471 e. The molecule has 141 heavy (non-hydrogen) atoms. The van der Waals surface area contributed by atoms with Gasteiger partial charge in [0.25, 0.3) is 0 Å². The molecule has 2 aliphatic rings. The lowest BCUT2D eigenvalue weighted by Gasteiger charge is -2.19. The number of aryl methyl sites for hydroxylation is 8. The van der Waals surface area contributed by atoms with Crippen LogP contribution in [0.3, 0.4) is 0 Å². The first-order valence-corrected chi connectivity index (χ1v) is 48.8. The zero-order chi connectivity index (χ0) is 105. The Morgan fingerprint density at radius 2 is 0.610 bits per heavy atom. The van der Waals surface area contributed by atoms with Crippen molar-refractivity contribution in [2.24, 2.45) is 0 Å². The lowest BCUT2D eigenvalue weighted by Crippen LogP contribution is -2.24. The highest BCUT2D eigenvalue weighted by Gasteiger charge is 2.30. The highest BCUT2D eigenvalue weighted by atomic mass is 16.5. The predicted molar refractivity (Wildman–Crippen MR) is 568 cm³/mol. The van der Waals surface area contributed by atoms with Crippen LogP contribution < -0.4 is 9.47 Å². The van der Waals surface area contributed by atoms with Gasteiger partial charge in [0.2, 0.25) is 5.88 Å². The molecule has 0 bridgehead atoms. The van der Waals surface area contributed by atoms with Crippen molar-refractivity contribution >= 4 is 28.2 Å². The number of aromatic nitrogens is 27. The SMILES string of the molecule is CC(C)(C)c1cnc(C2CC2)nc1.CC(C)(C)c1cnc2cc(C3CC3)nn2c1.CC(C)(C)c1cnc2ccnn2c1.Cc1cc2ncc(C(C)(C)C)cn2n1.Cc1cc2ncc(C(C)(C)C)cn2n1.Cc1cnc(C(C)(C)C)cn1.Cc1cnc(OC(C)(C)C)cn1.Cc1cnc(OC(C)(C)C)nc1.Cc1nc2ccc(C(C)(C)C)cn2n1.Cc1ncc(C(C)(C)C)cn1.Cc1ncc(C(C)(C)C)cn1. The van der Waals surface area contributed by atoms with Crippen molar-refractivity contribution in [3.8, 4) is 11.9 Å². The van der Waals surface area contributed by atoms with Gasteiger partial charge in [0, 0.05) is 159 Å². The third kappa shape index (κ3) is 38.3. The molecular formula is C112H161N27O2. The first kappa shape index (κ1) is 113. The van der Waals surface area contributed by atoms with E-state index in [2.05, 4.69) is 334 Å². The second-order valence-electron chi connectivity index (χ2n) is 47.6. The molecule has 756 valence electrons. The van der Waals surface area contributed by atoms with E-state index < -0.39 is 0 Å². The van der Waals surface area contributed by atoms with Crippen molar-refractivity contribution in [3.05, 3.63) is 280 Å². The average molecular weight is 1920 g/mol. The van der Waals surface area contributed by atoms with Gasteiger partial charge in [-0.2, -0.15) is 25.5 Å². The van der Waals surface area contributed by atoms with Crippen LogP contribution in [0.4, 0.5) is 0 Å². The molecule has 29 nitrogen and oxygen atoms in total. The van der Waals surface area contributed by atoms with Gasteiger partial charge in [-0.25, -0.2) is 92.4 Å². The van der Waals surface area contributed by atoms with Gasteiger partial charge in [-0.15, -0.1) is 0 Å². The average Bonchev–Trinajstić information content (AvgIpc) is 1.65. The largest absolute Gasteiger partial charge is 0.471 e. The van der Waals surface area contributed by atoms with Gasteiger partial charge in [0.05, 0.1) is 52.8 Å². The number of rotatable bonds is 4. The van der Waals surface area contributed by atoms with Crippen LogP contribution >= 0.6 is 0 Å². The van der Waals surface area contributed by atoms with Crippen LogP contribution in [0.15, 0.2) is 173 Å². The molecule has 16 aromatic rings. The molecule has 0 saturated heterocycles. The summed E-state index contributed by atoms with van der Waals surface area (Å²) < 4.78 is 20.2. The Kier molecular flexibility index (Phi) is 37.6. The summed E-state index contributed by atoms with van der Waals surface area (Å²) in [6.07, 6.45) is 46.9. The molecule has 16 aromatic heterocycles. The highest BCUT2D eigenvalue weighted by Crippen LogP contribution is 2.40. The smallest absolute Gasteiger partial charge is 0.316 e. The third-order valence-corrected chi connectivity index (χ3v) is 21.9. The molecule has 0 N–H and O–H groups in total. The van der Waals surface area contributed by atoms with Crippen LogP contribution in [0.5, 0.6) is 11.9 Å². The van der Waals surface area contributed by atoms with Crippen molar-refractivity contribution in [3.63, 3.8) is 0 Å². The lowest BCUT2D eigenvalue weighted by molar-refractivity contribution is 0.116. The molecule has 0 aromatic carbocycles. The summed E-state index contributed by atoms with van der Waals surface area (Å²) in [5, 5.41) is 21.7. The van der Waals surface area contributed by atoms with Crippen LogP contribution in [-0.4, -0.2) is 144 Å². The van der Waals surface area contributed by atoms with Crippen LogP contribution in [0.2, 0.25) is 0 Å². The zero-order valence-corrected chi connectivity index (χ0v) is 92.5. The fourth-order valence-electron chi connectivity index (χ4n) is 12.3. The molecule has 2 aliphatic carbocycles. The molecule has 0 amide bonds. The van der Waals surface area contributed by atoms with Gasteiger partial charge in [-0.1, -0.05) is 193 Å². The molecule has 29 heteroatoms. The molecule has 2 saturated carbocycles. The summed E-state index contributed by atoms with van der Waals surface area (Å²) in [5.41, 5.74) is 22.3. The predicted octanol–water partition coefficient (Wildman–Crippen LogP) is 24.8. The van der Waals surface area contributed by atoms with Crippen molar-refractivity contribution in [1.82, 2.24) is 133 Å². The molecule has 0 unspecified atom stereocenters. The topological polar surface area (TPSA) is 324 Å². The Hall–Kier alpha value is -12.8. The lowest BCUT2D eigenvalue weighted by atomic mass is 9.88. The summed E-state index contributed by atoms with van der Waals surface area (Å²) >= 11 is 0. The highest BCUT2D eigenvalue weighted by molar-refractivity contribution is 5.44. The van der Waals surface area contributed by atoms with Crippen molar-refractivity contribution in [1.29, 1.82) is 0 Å². The van der Waals surface area contributed by atoms with Crippen LogP contribution in [0, 0.1) is 55.4 Å². The van der Waals surface area contributed by atoms with E-state index in [-0.39, 0.29) is 59.9 Å². The van der Waals surface area contributed by atoms with E-state index in [1.165, 1.54) is 75.9 Å². The first-order valence-electron chi connectivity index (χ1n) is 48.8. The van der Waals surface area contributed by atoms with E-state index in [0.29, 0.717) is 23.7 Å². The normalized spacial score (nSPS) is 13.0. The maximum atomic E-state index is 5.48. The number of fused-ring (bicyclic) bond motifs is 5. The minimum atomic E-state index is -0.227. The molecule has 2 fully saturated rings. The second kappa shape index (κ2) is 46.7. The van der Waals surface area contributed by atoms with E-state index in [4.69, 9.17) is 9.47 Å². The van der Waals surface area contributed by atoms with Crippen LogP contribution in [-0.2, 0) is 48.7 Å². The Morgan fingerprint density at radius 3 is 0.979 bits per heavy atom. The molecule has 16 heterocycles. The van der Waals surface area contributed by atoms with Gasteiger partial charge in [-0.05, 0) is 222 Å². The standard InChI is InChI=1S/C13H17N3.3C11H15N3.C11H16N2.C10H13N3.2C9H14N2O.3C9H14N2/c1-13(2,3)10-7-14-12-6-11(9-4-5-9)15-16(12)8-10;2*1-8-5-10-12-6-9(11(2,3)4)7-14(10)13-8;1-8-12-10-6-5-9(11(2,3)4)7-14(10)13-8;1-11(2,3)9-6-12-10(13-7-9)8-4-5-8;1-10(2,3)8-6-11-9-4-5-12-13(9)7-8;1-7-5-11-8(6-10-7)12-9(2,3)4;1-7-5-10-8(11-6-7)12-9(2,3)4;2*1-7-10-5-8(6-11-7)9(2,3)4;1-7-5-11-8(6-10-7)9(2,3)4/h6-9H,4-5H2,1-3H3;3*5-7H,1-4H3;6-8H,4-5H2,1-3H3;4-7H,1-3H3;2*5-6H,1-4H3;3*5-6H,1-4H3. The number of hydrogen-bond donors (Lipinski definition) is 0. The van der Waals surface area contributed by atoms with Gasteiger partial charge in [0.1, 0.15) is 34.5 Å². The summed E-state index contributed by atoms with van der Waals surface area (Å²) in [5.74, 6) is 5.45. The van der Waals surface area contributed by atoms with Gasteiger partial charge < -0.3 is 9.47 Å². The third-order valence-electron chi connectivity index (χ3n) is 21.9. The van der Waals surface area contributed by atoms with Crippen molar-refractivity contribution in [2.45, 2.75) is 381 Å². The molecular weight excluding hydrogens is 1760 g/mol. The van der Waals surface area contributed by atoms with E-state index in [1.807, 2.05) is 214 Å². The van der Waals surface area contributed by atoms with E-state index in [1.54, 1.807) is 41.7 Å². The summed E-state index contributed by atoms with van der Waals surface area (Å²) in [4.78, 5) is 71.8. The van der Waals surface area contributed by atoms with E-state index in [0.717, 1.165) is 85.6 Å². The van der Waals surface area contributed by atoms with Gasteiger partial charge in [-0.3, -0.25) is 15.0 Å². The van der Waals surface area contributed by atoms with E-state index in [9.17, 15) is 0 Å². The Morgan fingerprint density at radius 1 is 0.255 bits per heavy atom. The van der Waals surface area contributed by atoms with Gasteiger partial charge in [0.15, 0.2) is 28.2 Å². The molecule has 0 radical (unpaired) electrons. The quantitative estimate of drug-likeness (QED) is 0.158. The summed E-state index contributed by atoms with van der Waals surface area (Å²) in [7, 11) is 0. The maximum Gasteiger partial charge on any atom is 0.316 e. The molecule has 0 aliphatic heterocycles. The van der Waals surface area contributed by atoms with Crippen molar-refractivity contribution in [2.75, 3.05) is 0 Å². The number of pyridine rings is 1. The zero-order valence-electron chi connectivity index (χ0n) is 92.5. The Balaban J connectivity index is 0.000000190. The molecule has 0 spiro atoms. The maximum absolute atomic E-state index is 5.48. The second-order valence-corrected chi connectivity index (χ2v) is 47.6. The Labute approximate surface area is 839 Å². The van der Waals surface area contributed by atoms with E-state index >= 15 is 0 Å². The number of nitrogens with zero attached hydrogens (tertiary/aromatic N) is 27. The van der Waals surface area contributed by atoms with Crippen LogP contribution in [0.1, 0.15) is 374 Å². The monoisotopic (exact) mass is 1920 g/mol. The molecule has 18 rings (SSSR count). The fraction of sp³-hybridized carbons (Fsp3) is 0.518. The summed E-state index contributed by atoms with van der Waals surface area (Å²) in [6.45, 7) is 85.9.